The fourth-order valence-corrected chi connectivity index (χ4v) is 1.81. The number of fused-ring (bicyclic) bond motifs is 1. The summed E-state index contributed by atoms with van der Waals surface area (Å²) < 4.78 is 13.4. The lowest BCUT2D eigenvalue weighted by atomic mass is 10.0. The van der Waals surface area contributed by atoms with Gasteiger partial charge in [-0.1, -0.05) is 19.4 Å². The van der Waals surface area contributed by atoms with Crippen LogP contribution in [0, 0.1) is 11.7 Å². The van der Waals surface area contributed by atoms with Crippen LogP contribution in [0.3, 0.4) is 0 Å². The van der Waals surface area contributed by atoms with E-state index in [1.807, 2.05) is 6.07 Å². The molecule has 0 fully saturated rings. The van der Waals surface area contributed by atoms with Crippen molar-refractivity contribution in [3.63, 3.8) is 0 Å². The molecule has 1 aromatic carbocycles. The van der Waals surface area contributed by atoms with Crippen LogP contribution in [-0.2, 0) is 6.42 Å². The summed E-state index contributed by atoms with van der Waals surface area (Å²) >= 11 is 0. The molecule has 0 aliphatic rings. The van der Waals surface area contributed by atoms with Gasteiger partial charge in [0.15, 0.2) is 5.82 Å². The molecule has 3 nitrogen and oxygen atoms in total. The average molecular weight is 221 g/mol. The van der Waals surface area contributed by atoms with Gasteiger partial charge in [0.25, 0.3) is 0 Å². The molecule has 0 aliphatic heterocycles. The highest BCUT2D eigenvalue weighted by Crippen LogP contribution is 2.17. The molecule has 1 unspecified atom stereocenters. The average Bonchev–Trinajstić information content (AvgIpc) is 2.70. The Morgan fingerprint density at radius 1 is 1.50 bits per heavy atom. The first kappa shape index (κ1) is 11.1. The van der Waals surface area contributed by atoms with E-state index >= 15 is 0 Å². The third-order valence-corrected chi connectivity index (χ3v) is 2.91. The summed E-state index contributed by atoms with van der Waals surface area (Å²) in [7, 11) is 0. The largest absolute Gasteiger partial charge is 0.342 e. The summed E-state index contributed by atoms with van der Waals surface area (Å²) in [5.41, 5.74) is 6.81. The number of para-hydroxylation sites is 1. The lowest BCUT2D eigenvalue weighted by Crippen LogP contribution is -2.16. The molecule has 0 saturated heterocycles. The van der Waals surface area contributed by atoms with Crippen molar-refractivity contribution in [2.24, 2.45) is 11.7 Å². The molecule has 1 atom stereocenters. The maximum absolute atomic E-state index is 13.4. The summed E-state index contributed by atoms with van der Waals surface area (Å²) in [4.78, 5) is 7.39. The van der Waals surface area contributed by atoms with E-state index in [2.05, 4.69) is 16.9 Å². The summed E-state index contributed by atoms with van der Waals surface area (Å²) in [5.74, 6) is 0.946. The molecule has 0 bridgehead atoms. The highest BCUT2D eigenvalue weighted by Gasteiger charge is 2.10. The number of nitrogens with two attached hydrogens (primary N) is 1. The molecular weight excluding hydrogens is 205 g/mol. The fourth-order valence-electron chi connectivity index (χ4n) is 1.81. The molecule has 0 radical (unpaired) electrons. The number of hydrogen-bond donors (Lipinski definition) is 2. The molecule has 86 valence electrons. The number of nitrogens with one attached hydrogen (secondary N) is 1. The Balaban J connectivity index is 2.29. The number of hydrogen-bond acceptors (Lipinski definition) is 2. The van der Waals surface area contributed by atoms with E-state index < -0.39 is 0 Å². The summed E-state index contributed by atoms with van der Waals surface area (Å²) in [6.45, 7) is 2.73. The third kappa shape index (κ3) is 2.07. The zero-order valence-corrected chi connectivity index (χ0v) is 9.33. The van der Waals surface area contributed by atoms with Crippen LogP contribution < -0.4 is 5.73 Å². The maximum atomic E-state index is 13.4. The van der Waals surface area contributed by atoms with E-state index in [1.54, 1.807) is 6.07 Å². The minimum absolute atomic E-state index is 0.277. The first-order chi connectivity index (χ1) is 7.74. The van der Waals surface area contributed by atoms with Gasteiger partial charge in [0.2, 0.25) is 0 Å². The zero-order chi connectivity index (χ0) is 11.5. The van der Waals surface area contributed by atoms with Gasteiger partial charge in [0.05, 0.1) is 5.52 Å². The van der Waals surface area contributed by atoms with E-state index in [-0.39, 0.29) is 5.82 Å². The minimum Gasteiger partial charge on any atom is -0.342 e. The molecule has 2 aromatic rings. The van der Waals surface area contributed by atoms with Gasteiger partial charge in [-0.25, -0.2) is 9.37 Å². The van der Waals surface area contributed by atoms with Crippen molar-refractivity contribution in [3.8, 4) is 0 Å². The van der Waals surface area contributed by atoms with Crippen LogP contribution in [0.4, 0.5) is 4.39 Å². The van der Waals surface area contributed by atoms with Crippen molar-refractivity contribution in [2.45, 2.75) is 19.8 Å². The van der Waals surface area contributed by atoms with Crippen LogP contribution in [0.15, 0.2) is 18.2 Å². The molecule has 1 aromatic heterocycles. The van der Waals surface area contributed by atoms with E-state index in [9.17, 15) is 4.39 Å². The summed E-state index contributed by atoms with van der Waals surface area (Å²) in [6.07, 6.45) is 1.79. The number of aromatic amines is 1. The van der Waals surface area contributed by atoms with Gasteiger partial charge in [0, 0.05) is 6.42 Å². The molecule has 4 heteroatoms. The number of nitrogens with zero attached hydrogens (tertiary/aromatic N) is 1. The van der Waals surface area contributed by atoms with E-state index in [0.29, 0.717) is 18.0 Å². The van der Waals surface area contributed by atoms with Crippen LogP contribution in [0.2, 0.25) is 0 Å². The van der Waals surface area contributed by atoms with E-state index in [4.69, 9.17) is 5.73 Å². The Bertz CT molecular complexity index is 474. The molecule has 1 heterocycles. The van der Waals surface area contributed by atoms with Gasteiger partial charge in [-0.15, -0.1) is 0 Å². The number of halogens is 1. The second kappa shape index (κ2) is 4.61. The van der Waals surface area contributed by atoms with Crippen molar-refractivity contribution >= 4 is 11.0 Å². The lowest BCUT2D eigenvalue weighted by molar-refractivity contribution is 0.508. The molecular formula is C12H16FN3. The topological polar surface area (TPSA) is 54.7 Å². The second-order valence-corrected chi connectivity index (χ2v) is 4.03. The predicted molar refractivity (Wildman–Crippen MR) is 62.6 cm³/mol. The smallest absolute Gasteiger partial charge is 0.151 e. The van der Waals surface area contributed by atoms with Crippen molar-refractivity contribution in [2.75, 3.05) is 6.54 Å². The standard InChI is InChI=1S/C12H16FN3/c1-2-8(7-14)6-11-15-10-5-3-4-9(13)12(10)16-11/h3-5,8H,2,6-7,14H2,1H3,(H,15,16). The number of rotatable bonds is 4. The Kier molecular flexibility index (Phi) is 3.19. The van der Waals surface area contributed by atoms with Crippen molar-refractivity contribution in [3.05, 3.63) is 29.8 Å². The van der Waals surface area contributed by atoms with Gasteiger partial charge in [-0.05, 0) is 24.6 Å². The van der Waals surface area contributed by atoms with Crippen molar-refractivity contribution < 1.29 is 4.39 Å². The zero-order valence-electron chi connectivity index (χ0n) is 9.33. The number of aromatic nitrogens is 2. The molecule has 0 aliphatic carbocycles. The monoisotopic (exact) mass is 221 g/mol. The van der Waals surface area contributed by atoms with Gasteiger partial charge in [-0.3, -0.25) is 0 Å². The molecule has 0 spiro atoms. The first-order valence-corrected chi connectivity index (χ1v) is 5.57. The lowest BCUT2D eigenvalue weighted by Gasteiger charge is -2.08. The number of benzene rings is 1. The Labute approximate surface area is 93.9 Å². The maximum Gasteiger partial charge on any atom is 0.151 e. The molecule has 0 saturated carbocycles. The quantitative estimate of drug-likeness (QED) is 0.831. The molecule has 3 N–H and O–H groups in total. The summed E-state index contributed by atoms with van der Waals surface area (Å²) in [6, 6.07) is 4.94. The normalized spacial score (nSPS) is 13.2. The third-order valence-electron chi connectivity index (χ3n) is 2.91. The van der Waals surface area contributed by atoms with E-state index in [1.165, 1.54) is 6.07 Å². The van der Waals surface area contributed by atoms with Gasteiger partial charge >= 0.3 is 0 Å². The first-order valence-electron chi connectivity index (χ1n) is 5.57. The van der Waals surface area contributed by atoms with Crippen LogP contribution in [0.25, 0.3) is 11.0 Å². The van der Waals surface area contributed by atoms with Gasteiger partial charge in [0.1, 0.15) is 11.3 Å². The Morgan fingerprint density at radius 3 is 2.94 bits per heavy atom. The minimum atomic E-state index is -0.277. The van der Waals surface area contributed by atoms with Crippen LogP contribution in [0.1, 0.15) is 19.2 Å². The molecule has 16 heavy (non-hydrogen) atoms. The van der Waals surface area contributed by atoms with Crippen LogP contribution in [-0.4, -0.2) is 16.5 Å². The van der Waals surface area contributed by atoms with Gasteiger partial charge in [-0.2, -0.15) is 0 Å². The van der Waals surface area contributed by atoms with Crippen LogP contribution >= 0.6 is 0 Å². The highest BCUT2D eigenvalue weighted by atomic mass is 19.1. The molecule has 0 amide bonds. The fraction of sp³-hybridized carbons (Fsp3) is 0.417. The predicted octanol–water partition coefficient (Wildman–Crippen LogP) is 2.23. The highest BCUT2D eigenvalue weighted by molar-refractivity contribution is 5.75. The van der Waals surface area contributed by atoms with Crippen molar-refractivity contribution in [1.82, 2.24) is 9.97 Å². The van der Waals surface area contributed by atoms with Crippen LogP contribution in [0.5, 0.6) is 0 Å². The second-order valence-electron chi connectivity index (χ2n) is 4.03. The number of imidazole rings is 1. The van der Waals surface area contributed by atoms with Crippen molar-refractivity contribution in [1.29, 1.82) is 0 Å². The summed E-state index contributed by atoms with van der Waals surface area (Å²) in [5, 5.41) is 0. The number of H-pyrrole nitrogens is 1. The SMILES string of the molecule is CCC(CN)Cc1nc2c(F)cccc2[nH]1. The molecule has 2 rings (SSSR count). The Morgan fingerprint density at radius 2 is 2.31 bits per heavy atom. The Hall–Kier alpha value is -1.42. The van der Waals surface area contributed by atoms with E-state index in [0.717, 1.165) is 24.2 Å². The van der Waals surface area contributed by atoms with Gasteiger partial charge < -0.3 is 10.7 Å².